The van der Waals surface area contributed by atoms with Crippen LogP contribution < -0.4 is 0 Å². The van der Waals surface area contributed by atoms with Crippen LogP contribution in [0.4, 0.5) is 0 Å². The van der Waals surface area contributed by atoms with Gasteiger partial charge in [-0.3, -0.25) is 0 Å². The standard InChI is InChI=1S/C6H4O/c1-2-3-4-5-6-7/h3-4H,1H2. The van der Waals surface area contributed by atoms with Gasteiger partial charge in [0, 0.05) is 0 Å². The molecular formula is C6H4O. The second kappa shape index (κ2) is 4.75. The largest absolute Gasteiger partial charge is 0.224 e. The maximum atomic E-state index is 9.34. The van der Waals surface area contributed by atoms with Crippen molar-refractivity contribution in [1.29, 1.82) is 0 Å². The molecule has 0 spiro atoms. The number of allylic oxidation sites excluding steroid dienone is 2. The summed E-state index contributed by atoms with van der Waals surface area (Å²) in [5.74, 6) is 1.45. The first-order valence-corrected chi connectivity index (χ1v) is 1.72. The third-order valence-corrected chi connectivity index (χ3v) is 0.343. The summed E-state index contributed by atoms with van der Waals surface area (Å²) in [4.78, 5) is 9.34. The van der Waals surface area contributed by atoms with Crippen molar-refractivity contribution >= 4 is 5.94 Å². The molecule has 1 heteroatoms. The van der Waals surface area contributed by atoms with Crippen LogP contribution in [0.25, 0.3) is 0 Å². The van der Waals surface area contributed by atoms with Crippen LogP contribution >= 0.6 is 0 Å². The molecule has 0 atom stereocenters. The molecule has 0 N–H and O–H groups in total. The van der Waals surface area contributed by atoms with Crippen LogP contribution in [0.5, 0.6) is 0 Å². The van der Waals surface area contributed by atoms with Crippen LogP contribution in [0.2, 0.25) is 0 Å². The van der Waals surface area contributed by atoms with Gasteiger partial charge in [-0.15, -0.1) is 5.73 Å². The molecule has 1 nitrogen and oxygen atoms in total. The Balaban J connectivity index is 3.96. The van der Waals surface area contributed by atoms with E-state index in [4.69, 9.17) is 0 Å². The van der Waals surface area contributed by atoms with Crippen molar-refractivity contribution < 1.29 is 4.79 Å². The molecule has 0 unspecified atom stereocenters. The van der Waals surface area contributed by atoms with Crippen LogP contribution in [0.1, 0.15) is 0 Å². The summed E-state index contributed by atoms with van der Waals surface area (Å²) in [6, 6.07) is 0. The molecule has 34 valence electrons. The van der Waals surface area contributed by atoms with Crippen LogP contribution in [0, 0.1) is 0 Å². The van der Waals surface area contributed by atoms with Gasteiger partial charge in [-0.25, -0.2) is 4.79 Å². The van der Waals surface area contributed by atoms with Crippen molar-refractivity contribution in [2.45, 2.75) is 0 Å². The molecule has 0 rings (SSSR count). The van der Waals surface area contributed by atoms with Crippen molar-refractivity contribution in [2.75, 3.05) is 0 Å². The maximum Gasteiger partial charge on any atom is 0.177 e. The molecule has 0 aromatic carbocycles. The second-order valence-electron chi connectivity index (χ2n) is 0.784. The van der Waals surface area contributed by atoms with E-state index >= 15 is 0 Å². The molecule has 0 fully saturated rings. The normalized spacial score (nSPS) is 4.57. The summed E-state index contributed by atoms with van der Waals surface area (Å²) in [6.07, 6.45) is 2.87. The smallest absolute Gasteiger partial charge is 0.177 e. The minimum Gasteiger partial charge on any atom is -0.224 e. The zero-order valence-corrected chi connectivity index (χ0v) is 3.77. The van der Waals surface area contributed by atoms with Gasteiger partial charge in [0.1, 0.15) is 0 Å². The lowest BCUT2D eigenvalue weighted by Crippen LogP contribution is -1.37. The molecule has 7 heavy (non-hydrogen) atoms. The molecule has 0 saturated carbocycles. The number of carbonyl (C=O) groups excluding carboxylic acids is 1. The van der Waals surface area contributed by atoms with Gasteiger partial charge in [-0.1, -0.05) is 6.58 Å². The Morgan fingerprint density at radius 3 is 2.57 bits per heavy atom. The second-order valence-corrected chi connectivity index (χ2v) is 0.784. The Morgan fingerprint density at radius 1 is 1.43 bits per heavy atom. The van der Waals surface area contributed by atoms with E-state index in [9.17, 15) is 4.79 Å². The predicted octanol–water partition coefficient (Wildman–Crippen LogP) is 0.870. The maximum absolute atomic E-state index is 9.34. The van der Waals surface area contributed by atoms with Gasteiger partial charge in [-0.05, 0) is 17.9 Å². The van der Waals surface area contributed by atoms with E-state index in [0.717, 1.165) is 0 Å². The highest BCUT2D eigenvalue weighted by molar-refractivity contribution is 5.44. The van der Waals surface area contributed by atoms with Crippen molar-refractivity contribution in [3.8, 4) is 0 Å². The highest BCUT2D eigenvalue weighted by Gasteiger charge is 1.46. The quantitative estimate of drug-likeness (QED) is 0.266. The average Bonchev–Trinajstić information content (AvgIpc) is 1.69. The number of hydrogen-bond donors (Lipinski definition) is 0. The first-order chi connectivity index (χ1) is 3.41. The van der Waals surface area contributed by atoms with Crippen molar-refractivity contribution in [1.82, 2.24) is 0 Å². The van der Waals surface area contributed by atoms with Crippen molar-refractivity contribution in [2.24, 2.45) is 0 Å². The molecule has 0 saturated heterocycles. The van der Waals surface area contributed by atoms with E-state index in [1.807, 2.05) is 0 Å². The molecule has 0 amide bonds. The third kappa shape index (κ3) is 4.75. The van der Waals surface area contributed by atoms with Crippen LogP contribution in [0.3, 0.4) is 0 Å². The molecule has 0 aromatic heterocycles. The lowest BCUT2D eigenvalue weighted by molar-refractivity contribution is 0.569. The summed E-state index contributed by atoms with van der Waals surface area (Å²) in [5, 5.41) is 0. The summed E-state index contributed by atoms with van der Waals surface area (Å²) < 4.78 is 0. The summed E-state index contributed by atoms with van der Waals surface area (Å²) >= 11 is 0. The lowest BCUT2D eigenvalue weighted by atomic mass is 10.6. The van der Waals surface area contributed by atoms with Crippen LogP contribution in [0.15, 0.2) is 30.2 Å². The Hall–Kier alpha value is -1.25. The highest BCUT2D eigenvalue weighted by atomic mass is 16.1. The summed E-state index contributed by atoms with van der Waals surface area (Å²) in [5.41, 5.74) is 4.59. The summed E-state index contributed by atoms with van der Waals surface area (Å²) in [6.45, 7) is 3.25. The summed E-state index contributed by atoms with van der Waals surface area (Å²) in [7, 11) is 0. The zero-order valence-electron chi connectivity index (χ0n) is 3.77. The topological polar surface area (TPSA) is 17.1 Å². The number of rotatable bonds is 1. The van der Waals surface area contributed by atoms with E-state index in [0.29, 0.717) is 0 Å². The molecule has 0 aromatic rings. The van der Waals surface area contributed by atoms with E-state index < -0.39 is 0 Å². The minimum atomic E-state index is 1.39. The Morgan fingerprint density at radius 2 is 2.14 bits per heavy atom. The Kier molecular flexibility index (Phi) is 3.90. The third-order valence-electron chi connectivity index (χ3n) is 0.343. The molecular weight excluding hydrogens is 88.1 g/mol. The zero-order chi connectivity index (χ0) is 5.54. The number of hydrogen-bond acceptors (Lipinski definition) is 1. The van der Waals surface area contributed by atoms with Gasteiger partial charge in [0.25, 0.3) is 0 Å². The fraction of sp³-hybridized carbons (Fsp3) is 0. The van der Waals surface area contributed by atoms with Gasteiger partial charge < -0.3 is 0 Å². The van der Waals surface area contributed by atoms with E-state index in [1.165, 1.54) is 18.1 Å². The van der Waals surface area contributed by atoms with E-state index in [1.54, 1.807) is 0 Å². The monoisotopic (exact) mass is 92.0 g/mol. The van der Waals surface area contributed by atoms with Crippen LogP contribution in [-0.2, 0) is 4.79 Å². The van der Waals surface area contributed by atoms with Crippen LogP contribution in [-0.4, -0.2) is 5.94 Å². The Labute approximate surface area is 42.0 Å². The minimum absolute atomic E-state index is 1.39. The Bertz CT molecular complexity index is 161. The molecule has 0 aliphatic rings. The fourth-order valence-electron chi connectivity index (χ4n) is 0.135. The molecule has 0 bridgehead atoms. The van der Waals surface area contributed by atoms with Gasteiger partial charge in [0.05, 0.1) is 0 Å². The van der Waals surface area contributed by atoms with Gasteiger partial charge >= 0.3 is 0 Å². The first kappa shape index (κ1) is 5.75. The molecule has 0 aliphatic carbocycles. The SMILES string of the molecule is C=C=CC=C=C=O. The highest BCUT2D eigenvalue weighted by Crippen LogP contribution is 1.61. The lowest BCUT2D eigenvalue weighted by Gasteiger charge is -1.49. The molecule has 0 aliphatic heterocycles. The van der Waals surface area contributed by atoms with Gasteiger partial charge in [-0.2, -0.15) is 0 Å². The average molecular weight is 92.1 g/mol. The molecule has 0 radical (unpaired) electrons. The van der Waals surface area contributed by atoms with Gasteiger partial charge in [0.2, 0.25) is 0 Å². The molecule has 0 heterocycles. The van der Waals surface area contributed by atoms with Crippen molar-refractivity contribution in [3.05, 3.63) is 30.2 Å². The van der Waals surface area contributed by atoms with E-state index in [-0.39, 0.29) is 0 Å². The fourth-order valence-corrected chi connectivity index (χ4v) is 0.135. The van der Waals surface area contributed by atoms with Gasteiger partial charge in [0.15, 0.2) is 5.94 Å². The predicted molar refractivity (Wildman–Crippen MR) is 27.5 cm³/mol. The van der Waals surface area contributed by atoms with Crippen molar-refractivity contribution in [3.63, 3.8) is 0 Å². The van der Waals surface area contributed by atoms with E-state index in [2.05, 4.69) is 18.0 Å². The first-order valence-electron chi connectivity index (χ1n) is 1.72.